The van der Waals surface area contributed by atoms with Gasteiger partial charge in [0.25, 0.3) is 0 Å². The molecule has 0 spiro atoms. The molecule has 0 bridgehead atoms. The van der Waals surface area contributed by atoms with Crippen LogP contribution in [0.25, 0.3) is 0 Å². The topological polar surface area (TPSA) is 33.1 Å². The highest BCUT2D eigenvalue weighted by molar-refractivity contribution is 9.11. The van der Waals surface area contributed by atoms with Crippen LogP contribution in [-0.4, -0.2) is 10.1 Å². The van der Waals surface area contributed by atoms with E-state index < -0.39 is 6.10 Å². The Morgan fingerprint density at radius 3 is 2.69 bits per heavy atom. The van der Waals surface area contributed by atoms with Crippen molar-refractivity contribution in [3.63, 3.8) is 0 Å². The fourth-order valence-electron chi connectivity index (χ4n) is 1.36. The molecule has 0 aliphatic carbocycles. The van der Waals surface area contributed by atoms with Crippen LogP contribution in [0.5, 0.6) is 0 Å². The molecule has 2 aromatic heterocycles. The van der Waals surface area contributed by atoms with Crippen LogP contribution in [0.3, 0.4) is 0 Å². The minimum absolute atomic E-state index is 0.644. The molecule has 1 atom stereocenters. The number of aliphatic hydroxyl groups excluding tert-OH is 1. The van der Waals surface area contributed by atoms with Crippen molar-refractivity contribution in [1.29, 1.82) is 0 Å². The molecule has 0 aliphatic heterocycles. The van der Waals surface area contributed by atoms with E-state index in [1.807, 2.05) is 25.1 Å². The number of hydrogen-bond donors (Lipinski definition) is 1. The zero-order valence-corrected chi connectivity index (χ0v) is 12.4. The van der Waals surface area contributed by atoms with Crippen molar-refractivity contribution < 1.29 is 5.11 Å². The Morgan fingerprint density at radius 2 is 2.12 bits per heavy atom. The lowest BCUT2D eigenvalue weighted by atomic mass is 10.2. The van der Waals surface area contributed by atoms with Crippen LogP contribution >= 0.6 is 43.2 Å². The van der Waals surface area contributed by atoms with Gasteiger partial charge in [-0.15, -0.1) is 11.3 Å². The van der Waals surface area contributed by atoms with Crippen LogP contribution < -0.4 is 0 Å². The van der Waals surface area contributed by atoms with E-state index in [0.717, 1.165) is 13.8 Å². The summed E-state index contributed by atoms with van der Waals surface area (Å²) in [6, 6.07) is 5.81. The highest BCUT2D eigenvalue weighted by Crippen LogP contribution is 2.32. The lowest BCUT2D eigenvalue weighted by molar-refractivity contribution is 0.218. The minimum Gasteiger partial charge on any atom is -0.381 e. The normalized spacial score (nSPS) is 12.8. The molecule has 84 valence electrons. The molecule has 1 N–H and O–H groups in total. The lowest BCUT2D eigenvalue weighted by Crippen LogP contribution is -2.01. The van der Waals surface area contributed by atoms with Crippen molar-refractivity contribution in [1.82, 2.24) is 4.98 Å². The monoisotopic (exact) mass is 361 g/mol. The van der Waals surface area contributed by atoms with Crippen LogP contribution in [0.1, 0.15) is 21.6 Å². The Labute approximate surface area is 115 Å². The Morgan fingerprint density at radius 1 is 1.38 bits per heavy atom. The molecule has 2 aromatic rings. The predicted molar refractivity (Wildman–Crippen MR) is 72.8 cm³/mol. The number of nitrogens with zero attached hydrogens (tertiary/aromatic N) is 1. The molecule has 0 saturated heterocycles. The predicted octanol–water partition coefficient (Wildman–Crippen LogP) is 4.06. The summed E-state index contributed by atoms with van der Waals surface area (Å²) < 4.78 is 1.69. The molecule has 0 amide bonds. The van der Waals surface area contributed by atoms with Gasteiger partial charge in [0, 0.05) is 24.9 Å². The number of rotatable bonds is 2. The van der Waals surface area contributed by atoms with Crippen molar-refractivity contribution in [2.24, 2.45) is 0 Å². The van der Waals surface area contributed by atoms with E-state index in [1.165, 1.54) is 4.88 Å². The summed E-state index contributed by atoms with van der Waals surface area (Å²) in [5.41, 5.74) is 0.644. The second-order valence-corrected chi connectivity index (χ2v) is 6.46. The Bertz CT molecular complexity index is 512. The number of pyridine rings is 1. The first-order valence-corrected chi connectivity index (χ1v) is 7.03. The van der Waals surface area contributed by atoms with Gasteiger partial charge in [0.05, 0.1) is 5.69 Å². The molecule has 1 unspecified atom stereocenters. The summed E-state index contributed by atoms with van der Waals surface area (Å²) >= 11 is 8.32. The second-order valence-electron chi connectivity index (χ2n) is 3.37. The third-order valence-electron chi connectivity index (χ3n) is 2.13. The molecule has 5 heteroatoms. The number of halogens is 2. The van der Waals surface area contributed by atoms with E-state index in [1.54, 1.807) is 17.5 Å². The minimum atomic E-state index is -0.666. The van der Waals surface area contributed by atoms with Crippen LogP contribution in [0.15, 0.2) is 33.3 Å². The number of aliphatic hydroxyl groups is 1. The highest BCUT2D eigenvalue weighted by atomic mass is 79.9. The van der Waals surface area contributed by atoms with Crippen molar-refractivity contribution in [3.05, 3.63) is 48.8 Å². The van der Waals surface area contributed by atoms with E-state index in [2.05, 4.69) is 36.8 Å². The molecule has 0 radical (unpaired) electrons. The molecule has 0 saturated carbocycles. The van der Waals surface area contributed by atoms with Gasteiger partial charge < -0.3 is 5.11 Å². The zero-order valence-electron chi connectivity index (χ0n) is 8.45. The van der Waals surface area contributed by atoms with Gasteiger partial charge in [0.2, 0.25) is 0 Å². The first-order chi connectivity index (χ1) is 7.58. The van der Waals surface area contributed by atoms with Gasteiger partial charge in [-0.3, -0.25) is 4.98 Å². The number of aryl methyl sites for hydroxylation is 1. The summed E-state index contributed by atoms with van der Waals surface area (Å²) in [6.07, 6.45) is 1.02. The van der Waals surface area contributed by atoms with Crippen molar-refractivity contribution >= 4 is 43.2 Å². The Kier molecular flexibility index (Phi) is 3.79. The molecule has 0 aromatic carbocycles. The number of hydrogen-bond acceptors (Lipinski definition) is 3. The van der Waals surface area contributed by atoms with Gasteiger partial charge in [-0.05, 0) is 57.0 Å². The first kappa shape index (κ1) is 12.2. The molecule has 2 nitrogen and oxygen atoms in total. The van der Waals surface area contributed by atoms with Gasteiger partial charge in [-0.1, -0.05) is 0 Å². The van der Waals surface area contributed by atoms with E-state index in [-0.39, 0.29) is 0 Å². The molecule has 0 fully saturated rings. The fourth-order valence-corrected chi connectivity index (χ4v) is 3.43. The largest absolute Gasteiger partial charge is 0.381 e. The summed E-state index contributed by atoms with van der Waals surface area (Å²) in [4.78, 5) is 6.32. The second kappa shape index (κ2) is 4.96. The zero-order chi connectivity index (χ0) is 11.7. The van der Waals surface area contributed by atoms with E-state index in [4.69, 9.17) is 0 Å². The highest BCUT2D eigenvalue weighted by Gasteiger charge is 2.16. The van der Waals surface area contributed by atoms with Gasteiger partial charge in [-0.25, -0.2) is 0 Å². The maximum atomic E-state index is 10.2. The van der Waals surface area contributed by atoms with Crippen molar-refractivity contribution in [3.8, 4) is 0 Å². The quantitative estimate of drug-likeness (QED) is 0.873. The Hall–Kier alpha value is -0.230. The number of aromatic nitrogens is 1. The maximum absolute atomic E-state index is 10.2. The molecular weight excluding hydrogens is 354 g/mol. The molecule has 2 heterocycles. The summed E-state index contributed by atoms with van der Waals surface area (Å²) in [7, 11) is 0. The van der Waals surface area contributed by atoms with Gasteiger partial charge in [-0.2, -0.15) is 0 Å². The van der Waals surface area contributed by atoms with Gasteiger partial charge in [0.1, 0.15) is 6.10 Å². The standard InChI is InChI=1S/C11H9Br2NOS/c1-6-2-3-9(16-6)11(15)10-8(13)4-7(12)5-14-10/h2-5,11,15H,1H3. The molecule has 16 heavy (non-hydrogen) atoms. The third-order valence-corrected chi connectivity index (χ3v) is 4.25. The van der Waals surface area contributed by atoms with Crippen LogP contribution in [0.4, 0.5) is 0 Å². The Balaban J connectivity index is 2.37. The fraction of sp³-hybridized carbons (Fsp3) is 0.182. The van der Waals surface area contributed by atoms with E-state index >= 15 is 0 Å². The van der Waals surface area contributed by atoms with E-state index in [0.29, 0.717) is 5.69 Å². The van der Waals surface area contributed by atoms with Crippen LogP contribution in [0.2, 0.25) is 0 Å². The van der Waals surface area contributed by atoms with Gasteiger partial charge in [0.15, 0.2) is 0 Å². The summed E-state index contributed by atoms with van der Waals surface area (Å²) in [5.74, 6) is 0. The summed E-state index contributed by atoms with van der Waals surface area (Å²) in [6.45, 7) is 2.02. The first-order valence-electron chi connectivity index (χ1n) is 4.63. The summed E-state index contributed by atoms with van der Waals surface area (Å²) in [5, 5.41) is 10.2. The van der Waals surface area contributed by atoms with Crippen LogP contribution in [0, 0.1) is 6.92 Å². The van der Waals surface area contributed by atoms with Crippen LogP contribution in [-0.2, 0) is 0 Å². The maximum Gasteiger partial charge on any atom is 0.131 e. The smallest absolute Gasteiger partial charge is 0.131 e. The van der Waals surface area contributed by atoms with E-state index in [9.17, 15) is 5.11 Å². The average Bonchev–Trinajstić information content (AvgIpc) is 2.64. The SMILES string of the molecule is Cc1ccc(C(O)c2ncc(Br)cc2Br)s1. The molecule has 0 aliphatic rings. The number of thiophene rings is 1. The van der Waals surface area contributed by atoms with Gasteiger partial charge >= 0.3 is 0 Å². The third kappa shape index (κ3) is 2.53. The van der Waals surface area contributed by atoms with Crippen molar-refractivity contribution in [2.45, 2.75) is 13.0 Å². The molecular formula is C11H9Br2NOS. The average molecular weight is 363 g/mol. The lowest BCUT2D eigenvalue weighted by Gasteiger charge is -2.10. The van der Waals surface area contributed by atoms with Crippen molar-refractivity contribution in [2.75, 3.05) is 0 Å². The molecule has 2 rings (SSSR count).